The van der Waals surface area contributed by atoms with Crippen molar-refractivity contribution in [1.29, 1.82) is 0 Å². The van der Waals surface area contributed by atoms with Gasteiger partial charge in [0, 0.05) is 17.6 Å². The fourth-order valence-electron chi connectivity index (χ4n) is 3.06. The zero-order chi connectivity index (χ0) is 25.2. The number of unbranched alkanes of at least 4 members (excludes halogenated alkanes) is 1. The monoisotopic (exact) mass is 489 g/mol. The minimum absolute atomic E-state index is 0.0126. The molecule has 0 bridgehead atoms. The molecule has 0 fully saturated rings. The van der Waals surface area contributed by atoms with E-state index in [2.05, 4.69) is 52.9 Å². The van der Waals surface area contributed by atoms with E-state index >= 15 is 0 Å². The largest absolute Gasteiger partial charge is 0.488 e. The van der Waals surface area contributed by atoms with Gasteiger partial charge in [-0.3, -0.25) is 4.79 Å². The van der Waals surface area contributed by atoms with Gasteiger partial charge in [-0.15, -0.1) is 0 Å². The second kappa shape index (κ2) is 12.9. The van der Waals surface area contributed by atoms with Crippen molar-refractivity contribution in [3.63, 3.8) is 0 Å². The third kappa shape index (κ3) is 9.84. The van der Waals surface area contributed by atoms with Gasteiger partial charge in [-0.1, -0.05) is 31.5 Å². The lowest BCUT2D eigenvalue weighted by atomic mass is 10.0. The lowest BCUT2D eigenvalue weighted by molar-refractivity contribution is -0.123. The molecule has 0 aromatic heterocycles. The molecule has 0 aliphatic rings. The Balaban J connectivity index is 1.85. The van der Waals surface area contributed by atoms with Gasteiger partial charge in [0.25, 0.3) is 5.91 Å². The van der Waals surface area contributed by atoms with E-state index in [0.717, 1.165) is 49.2 Å². The molecule has 34 heavy (non-hydrogen) atoms. The summed E-state index contributed by atoms with van der Waals surface area (Å²) in [6.45, 7) is 13.2. The first-order chi connectivity index (χ1) is 16.0. The molecule has 0 aliphatic carbocycles. The van der Waals surface area contributed by atoms with E-state index < -0.39 is 0 Å². The summed E-state index contributed by atoms with van der Waals surface area (Å²) in [6, 6.07) is 13.1. The van der Waals surface area contributed by atoms with E-state index in [0.29, 0.717) is 17.3 Å². The molecule has 0 aliphatic heterocycles. The number of ether oxygens (including phenoxy) is 3. The van der Waals surface area contributed by atoms with Crippen LogP contribution in [0.3, 0.4) is 0 Å². The third-order valence-electron chi connectivity index (χ3n) is 5.90. The van der Waals surface area contributed by atoms with Gasteiger partial charge in [0.1, 0.15) is 28.5 Å². The predicted octanol–water partition coefficient (Wildman–Crippen LogP) is 6.99. The Kier molecular flexibility index (Phi) is 10.6. The second-order valence-electron chi connectivity index (χ2n) is 9.75. The molecule has 1 amide bonds. The zero-order valence-corrected chi connectivity index (χ0v) is 22.3. The lowest BCUT2D eigenvalue weighted by Gasteiger charge is -2.29. The van der Waals surface area contributed by atoms with Crippen molar-refractivity contribution >= 4 is 17.5 Å². The summed E-state index contributed by atoms with van der Waals surface area (Å²) in [4.78, 5) is 12.0. The number of rotatable bonds is 14. The minimum Gasteiger partial charge on any atom is -0.488 e. The topological polar surface area (TPSA) is 56.8 Å². The number of halogens is 1. The van der Waals surface area contributed by atoms with Crippen LogP contribution in [0.15, 0.2) is 42.5 Å². The average Bonchev–Trinajstić information content (AvgIpc) is 2.79. The number of carbonyl (C=O) groups excluding carboxylic acids is 1. The second-order valence-corrected chi connectivity index (χ2v) is 10.2. The minimum atomic E-state index is -0.258. The summed E-state index contributed by atoms with van der Waals surface area (Å²) in [5.74, 6) is 2.18. The molecule has 0 unspecified atom stereocenters. The summed E-state index contributed by atoms with van der Waals surface area (Å²) in [6.07, 6.45) is 4.49. The van der Waals surface area contributed by atoms with Crippen LogP contribution in [-0.4, -0.2) is 30.3 Å². The van der Waals surface area contributed by atoms with E-state index in [9.17, 15) is 4.79 Å². The highest BCUT2D eigenvalue weighted by molar-refractivity contribution is 6.30. The van der Waals surface area contributed by atoms with Gasteiger partial charge in [0.15, 0.2) is 6.61 Å². The molecule has 0 heterocycles. The summed E-state index contributed by atoms with van der Waals surface area (Å²) < 4.78 is 18.0. The van der Waals surface area contributed by atoms with Crippen molar-refractivity contribution in [2.24, 2.45) is 0 Å². The van der Waals surface area contributed by atoms with Crippen LogP contribution in [0.4, 0.5) is 0 Å². The molecule has 5 nitrogen and oxygen atoms in total. The first-order valence-electron chi connectivity index (χ1n) is 12.2. The summed E-state index contributed by atoms with van der Waals surface area (Å²) >= 11 is 5.86. The Morgan fingerprint density at radius 2 is 1.50 bits per heavy atom. The molecule has 2 rings (SSSR count). The molecular weight excluding hydrogens is 450 g/mol. The average molecular weight is 490 g/mol. The normalized spacial score (nSPS) is 11.7. The summed E-state index contributed by atoms with van der Waals surface area (Å²) in [5.41, 5.74) is 0.667. The van der Waals surface area contributed by atoms with Gasteiger partial charge in [0.2, 0.25) is 0 Å². The third-order valence-corrected chi connectivity index (χ3v) is 6.15. The van der Waals surface area contributed by atoms with Crippen molar-refractivity contribution in [3.05, 3.63) is 53.1 Å². The van der Waals surface area contributed by atoms with Crippen molar-refractivity contribution in [1.82, 2.24) is 5.32 Å². The molecule has 0 radical (unpaired) electrons. The molecule has 2 aromatic carbocycles. The highest BCUT2D eigenvalue weighted by Crippen LogP contribution is 2.32. The lowest BCUT2D eigenvalue weighted by Crippen LogP contribution is -2.29. The predicted molar refractivity (Wildman–Crippen MR) is 139 cm³/mol. The van der Waals surface area contributed by atoms with Crippen LogP contribution < -0.4 is 19.5 Å². The number of carbonyl (C=O) groups is 1. The van der Waals surface area contributed by atoms with Gasteiger partial charge in [-0.2, -0.15) is 0 Å². The number of nitrogens with one attached hydrogen (secondary N) is 1. The standard InChI is InChI=1S/C28H40ClNO4/c1-7-27(3,4)33-24-15-12-21(25(19-24)34-28(5,6)8-2)11-9-10-18-30-26(31)20-32-23-16-13-22(29)14-17-23/h12-17,19H,7-11,18,20H2,1-6H3,(H,30,31). The molecule has 0 saturated heterocycles. The highest BCUT2D eigenvalue weighted by atomic mass is 35.5. The van der Waals surface area contributed by atoms with Crippen molar-refractivity contribution in [3.8, 4) is 17.2 Å². The summed E-state index contributed by atoms with van der Waals surface area (Å²) in [7, 11) is 0. The quantitative estimate of drug-likeness (QED) is 0.290. The maximum Gasteiger partial charge on any atom is 0.257 e. The molecule has 2 aromatic rings. The van der Waals surface area contributed by atoms with Crippen LogP contribution in [0.25, 0.3) is 0 Å². The van der Waals surface area contributed by atoms with Crippen molar-refractivity contribution in [2.75, 3.05) is 13.2 Å². The van der Waals surface area contributed by atoms with Gasteiger partial charge >= 0.3 is 0 Å². The Labute approximate surface area is 210 Å². The molecule has 0 saturated carbocycles. The molecule has 0 atom stereocenters. The fraction of sp³-hybridized carbons (Fsp3) is 0.536. The number of benzene rings is 2. The van der Waals surface area contributed by atoms with Crippen LogP contribution in [0.2, 0.25) is 5.02 Å². The van der Waals surface area contributed by atoms with Gasteiger partial charge in [-0.05, 0) is 95.7 Å². The van der Waals surface area contributed by atoms with Crippen LogP contribution >= 0.6 is 11.6 Å². The molecular formula is C28H40ClNO4. The maximum atomic E-state index is 12.0. The number of amides is 1. The maximum absolute atomic E-state index is 12.0. The molecule has 188 valence electrons. The number of hydrogen-bond acceptors (Lipinski definition) is 4. The molecule has 1 N–H and O–H groups in total. The molecule has 6 heteroatoms. The Hall–Kier alpha value is -2.40. The Bertz CT molecular complexity index is 909. The van der Waals surface area contributed by atoms with E-state index in [-0.39, 0.29) is 23.7 Å². The fourth-order valence-corrected chi connectivity index (χ4v) is 3.19. The van der Waals surface area contributed by atoms with Crippen molar-refractivity contribution < 1.29 is 19.0 Å². The Morgan fingerprint density at radius 1 is 0.882 bits per heavy atom. The Morgan fingerprint density at radius 3 is 2.15 bits per heavy atom. The van der Waals surface area contributed by atoms with E-state index in [1.807, 2.05) is 12.1 Å². The smallest absolute Gasteiger partial charge is 0.257 e. The zero-order valence-electron chi connectivity index (χ0n) is 21.5. The number of aryl methyl sites for hydroxylation is 1. The van der Waals surface area contributed by atoms with E-state index in [1.165, 1.54) is 0 Å². The van der Waals surface area contributed by atoms with Crippen LogP contribution in [0, 0.1) is 0 Å². The summed E-state index contributed by atoms with van der Waals surface area (Å²) in [5, 5.41) is 3.55. The van der Waals surface area contributed by atoms with E-state index in [4.69, 9.17) is 25.8 Å². The van der Waals surface area contributed by atoms with Gasteiger partial charge in [0.05, 0.1) is 0 Å². The molecule has 0 spiro atoms. The van der Waals surface area contributed by atoms with E-state index in [1.54, 1.807) is 24.3 Å². The first-order valence-corrected chi connectivity index (χ1v) is 12.6. The van der Waals surface area contributed by atoms with Crippen molar-refractivity contribution in [2.45, 2.75) is 84.8 Å². The van der Waals surface area contributed by atoms with Crippen LogP contribution in [-0.2, 0) is 11.2 Å². The van der Waals surface area contributed by atoms with Gasteiger partial charge < -0.3 is 19.5 Å². The highest BCUT2D eigenvalue weighted by Gasteiger charge is 2.21. The number of hydrogen-bond donors (Lipinski definition) is 1. The first kappa shape index (κ1) is 27.8. The van der Waals surface area contributed by atoms with Gasteiger partial charge in [-0.25, -0.2) is 0 Å². The van der Waals surface area contributed by atoms with Crippen LogP contribution in [0.5, 0.6) is 17.2 Å². The SMILES string of the molecule is CCC(C)(C)Oc1ccc(CCCCNC(=O)COc2ccc(Cl)cc2)c(OC(C)(C)CC)c1. The van der Waals surface area contributed by atoms with Crippen LogP contribution in [0.1, 0.15) is 72.8 Å².